The Bertz CT molecular complexity index is 669. The highest BCUT2D eigenvalue weighted by Crippen LogP contribution is 2.49. The first kappa shape index (κ1) is 32.3. The van der Waals surface area contributed by atoms with Crippen molar-refractivity contribution in [2.45, 2.75) is 154 Å². The number of rotatable bonds is 13. The highest BCUT2D eigenvalue weighted by Gasteiger charge is 2.64. The minimum atomic E-state index is -2.04. The second-order valence-corrected chi connectivity index (χ2v) is 28.9. The van der Waals surface area contributed by atoms with Gasteiger partial charge in [0.1, 0.15) is 11.7 Å². The van der Waals surface area contributed by atoms with Crippen molar-refractivity contribution in [3.8, 4) is 0 Å². The van der Waals surface area contributed by atoms with E-state index in [4.69, 9.17) is 18.0 Å². The van der Waals surface area contributed by atoms with Crippen molar-refractivity contribution in [2.24, 2.45) is 0 Å². The second-order valence-electron chi connectivity index (χ2n) is 14.2. The molecule has 0 bridgehead atoms. The molecule has 0 spiro atoms. The lowest BCUT2D eigenvalue weighted by molar-refractivity contribution is 0.0807. The van der Waals surface area contributed by atoms with Gasteiger partial charge in [0.05, 0.1) is 18.8 Å². The van der Waals surface area contributed by atoms with E-state index in [-0.39, 0.29) is 23.4 Å². The molecule has 0 aliphatic carbocycles. The molecule has 0 radical (unpaired) electrons. The van der Waals surface area contributed by atoms with Gasteiger partial charge in [-0.15, -0.1) is 0 Å². The van der Waals surface area contributed by atoms with Crippen LogP contribution in [0.2, 0.25) is 54.4 Å². The molecule has 1 fully saturated rings. The Morgan fingerprint density at radius 3 is 1.68 bits per heavy atom. The van der Waals surface area contributed by atoms with E-state index >= 15 is 0 Å². The quantitative estimate of drug-likeness (QED) is 0.136. The summed E-state index contributed by atoms with van der Waals surface area (Å²) in [6.07, 6.45) is -0.295. The topological polar surface area (TPSA) is 40.2 Å². The lowest BCUT2D eigenvalue weighted by atomic mass is 9.93. The largest absolute Gasteiger partial charge is 0.413 e. The van der Waals surface area contributed by atoms with Crippen LogP contribution in [0.3, 0.4) is 0 Å². The molecule has 4 atom stereocenters. The van der Waals surface area contributed by atoms with E-state index in [9.17, 15) is 0 Å². The van der Waals surface area contributed by atoms with Crippen molar-refractivity contribution < 1.29 is 18.0 Å². The summed E-state index contributed by atoms with van der Waals surface area (Å²) in [5, 5.41) is 0.113. The molecule has 0 unspecified atom stereocenters. The predicted molar refractivity (Wildman–Crippen MR) is 155 cm³/mol. The Balaban J connectivity index is 3.35. The van der Waals surface area contributed by atoms with Crippen molar-refractivity contribution in [3.63, 3.8) is 0 Å². The maximum atomic E-state index is 7.07. The smallest absolute Gasteiger partial charge is 0.200 e. The molecular formula is C27H58O4Si3. The number of hydrogen-bond donors (Lipinski definition) is 0. The first-order valence-electron chi connectivity index (χ1n) is 13.4. The van der Waals surface area contributed by atoms with E-state index in [0.717, 1.165) is 5.57 Å². The van der Waals surface area contributed by atoms with E-state index in [1.54, 1.807) is 0 Å². The Hall–Kier alpha value is 0.231. The average molecular weight is 531 g/mol. The lowest BCUT2D eigenvalue weighted by Crippen LogP contribution is -2.53. The number of ether oxygens (including phenoxy) is 1. The van der Waals surface area contributed by atoms with Gasteiger partial charge in [0, 0.05) is 0 Å². The Morgan fingerprint density at radius 2 is 1.35 bits per heavy atom. The van der Waals surface area contributed by atoms with Gasteiger partial charge in [0.15, 0.2) is 25.0 Å². The molecule has 34 heavy (non-hydrogen) atoms. The normalized spacial score (nSPS) is 24.1. The molecule has 0 N–H and O–H groups in total. The molecular weight excluding hydrogens is 473 g/mol. The summed E-state index contributed by atoms with van der Waals surface area (Å²) < 4.78 is 27.2. The van der Waals surface area contributed by atoms with E-state index in [2.05, 4.69) is 115 Å². The summed E-state index contributed by atoms with van der Waals surface area (Å²) in [6, 6.07) is 0. The number of hydrogen-bond acceptors (Lipinski definition) is 4. The summed E-state index contributed by atoms with van der Waals surface area (Å²) in [7, 11) is -5.85. The molecule has 1 heterocycles. The average Bonchev–Trinajstić information content (AvgIpc) is 3.28. The van der Waals surface area contributed by atoms with Crippen LogP contribution >= 0.6 is 0 Å². The van der Waals surface area contributed by atoms with Gasteiger partial charge < -0.3 is 18.0 Å². The molecule has 0 amide bonds. The molecule has 1 aliphatic heterocycles. The minimum Gasteiger partial charge on any atom is -0.413 e. The lowest BCUT2D eigenvalue weighted by Gasteiger charge is -2.44. The monoisotopic (exact) mass is 530 g/mol. The molecule has 4 nitrogen and oxygen atoms in total. The highest BCUT2D eigenvalue weighted by molar-refractivity contribution is 6.77. The first-order valence-corrected chi connectivity index (χ1v) is 21.8. The molecule has 1 aliphatic rings. The molecule has 0 saturated carbocycles. The zero-order valence-electron chi connectivity index (χ0n) is 25.5. The number of epoxide rings is 1. The van der Waals surface area contributed by atoms with Crippen molar-refractivity contribution >= 4 is 25.0 Å². The third-order valence-electron chi connectivity index (χ3n) is 8.12. The van der Waals surface area contributed by atoms with E-state index < -0.39 is 30.6 Å². The van der Waals surface area contributed by atoms with E-state index in [1.807, 2.05) is 0 Å². The van der Waals surface area contributed by atoms with Gasteiger partial charge in [-0.2, -0.15) is 0 Å². The van der Waals surface area contributed by atoms with Crippen LogP contribution in [0.1, 0.15) is 76.2 Å². The maximum Gasteiger partial charge on any atom is 0.200 e. The van der Waals surface area contributed by atoms with Gasteiger partial charge in [0.25, 0.3) is 0 Å². The second kappa shape index (κ2) is 10.9. The maximum absolute atomic E-state index is 7.07. The highest BCUT2D eigenvalue weighted by atomic mass is 28.4. The van der Waals surface area contributed by atoms with Crippen molar-refractivity contribution in [1.82, 2.24) is 0 Å². The van der Waals surface area contributed by atoms with Crippen molar-refractivity contribution in [1.29, 1.82) is 0 Å². The standard InChI is InChI=1S/C27H58O4Si3/c1-19(2)24(31-32(13,14)15)27(12)25(29-27)23(30-33(16,17)26(9,10)11)18-28-34(20(3)4,21(5)6)22(7)8/h20-25H,1,18H2,2-17H3/t23-,24+,25+,27+/m1/s1. The Labute approximate surface area is 215 Å². The molecule has 1 rings (SSSR count). The predicted octanol–water partition coefficient (Wildman–Crippen LogP) is 8.52. The molecule has 0 aromatic heterocycles. The van der Waals surface area contributed by atoms with E-state index in [1.165, 1.54) is 0 Å². The summed E-state index contributed by atoms with van der Waals surface area (Å²) in [4.78, 5) is 0. The summed E-state index contributed by atoms with van der Waals surface area (Å²) >= 11 is 0. The van der Waals surface area contributed by atoms with Crippen LogP contribution in [0.25, 0.3) is 0 Å². The third-order valence-corrected chi connectivity index (χ3v) is 19.7. The zero-order chi connectivity index (χ0) is 27.1. The Kier molecular flexibility index (Phi) is 10.4. The molecule has 0 aromatic carbocycles. The van der Waals surface area contributed by atoms with Crippen LogP contribution in [0.5, 0.6) is 0 Å². The van der Waals surface area contributed by atoms with Gasteiger partial charge in [-0.3, -0.25) is 0 Å². The SMILES string of the molecule is C=C(C)[C@H](O[Si](C)(C)C)[C@]1(C)O[C@H]1[C@@H](CO[Si](C(C)C)(C(C)C)C(C)C)O[Si](C)(C)C(C)(C)C. The van der Waals surface area contributed by atoms with Crippen LogP contribution in [0, 0.1) is 0 Å². The zero-order valence-corrected chi connectivity index (χ0v) is 28.5. The minimum absolute atomic E-state index is 0.0575. The third kappa shape index (κ3) is 7.17. The van der Waals surface area contributed by atoms with Gasteiger partial charge in [-0.1, -0.05) is 74.5 Å². The van der Waals surface area contributed by atoms with Gasteiger partial charge in [-0.05, 0) is 68.2 Å². The van der Waals surface area contributed by atoms with Gasteiger partial charge in [-0.25, -0.2) is 0 Å². The van der Waals surface area contributed by atoms with Crippen molar-refractivity contribution in [2.75, 3.05) is 6.61 Å². The summed E-state index contributed by atoms with van der Waals surface area (Å²) in [6.45, 7) is 41.4. The van der Waals surface area contributed by atoms with Crippen LogP contribution in [-0.4, -0.2) is 55.5 Å². The fourth-order valence-corrected chi connectivity index (χ4v) is 13.3. The Morgan fingerprint density at radius 1 is 0.912 bits per heavy atom. The van der Waals surface area contributed by atoms with Gasteiger partial charge in [0.2, 0.25) is 0 Å². The van der Waals surface area contributed by atoms with E-state index in [0.29, 0.717) is 23.2 Å². The van der Waals surface area contributed by atoms with Crippen LogP contribution in [0.15, 0.2) is 12.2 Å². The first-order chi connectivity index (χ1) is 15.0. The van der Waals surface area contributed by atoms with Crippen LogP contribution in [0.4, 0.5) is 0 Å². The van der Waals surface area contributed by atoms with Crippen LogP contribution in [-0.2, 0) is 18.0 Å². The fraction of sp³-hybridized carbons (Fsp3) is 0.926. The van der Waals surface area contributed by atoms with Crippen molar-refractivity contribution in [3.05, 3.63) is 12.2 Å². The molecule has 7 heteroatoms. The summed E-state index contributed by atoms with van der Waals surface area (Å²) in [5.41, 5.74) is 2.19. The fourth-order valence-electron chi connectivity index (χ4n) is 5.42. The molecule has 1 saturated heterocycles. The van der Waals surface area contributed by atoms with Crippen LogP contribution < -0.4 is 0 Å². The van der Waals surface area contributed by atoms with Gasteiger partial charge >= 0.3 is 0 Å². The summed E-state index contributed by atoms with van der Waals surface area (Å²) in [5.74, 6) is 0. The molecule has 202 valence electrons. The molecule has 0 aromatic rings.